The second-order valence-electron chi connectivity index (χ2n) is 6.40. The van der Waals surface area contributed by atoms with Gasteiger partial charge >= 0.3 is 0 Å². The molecule has 0 radical (unpaired) electrons. The maximum Gasteiger partial charge on any atom is 0.270 e. The lowest BCUT2D eigenvalue weighted by atomic mass is 10.2. The average molecular weight is 367 g/mol. The number of carbonyl (C=O) groups excluding carboxylic acids is 2. The van der Waals surface area contributed by atoms with Crippen molar-refractivity contribution >= 4 is 28.1 Å². The van der Waals surface area contributed by atoms with Crippen molar-refractivity contribution in [3.63, 3.8) is 0 Å². The molecule has 0 saturated carbocycles. The lowest BCUT2D eigenvalue weighted by Crippen LogP contribution is -2.46. The van der Waals surface area contributed by atoms with E-state index in [0.717, 1.165) is 6.41 Å². The topological polar surface area (TPSA) is 113 Å². The molecule has 2 fully saturated rings. The molecule has 2 saturated heterocycles. The first-order valence-electron chi connectivity index (χ1n) is 8.17. The van der Waals surface area contributed by atoms with Crippen LogP contribution < -0.4 is 10.2 Å². The van der Waals surface area contributed by atoms with E-state index in [1.807, 2.05) is 4.90 Å². The molecule has 1 atom stereocenters. The molecule has 136 valence electrons. The second-order valence-corrected chi connectivity index (χ2v) is 8.63. The molecule has 1 N–H and O–H groups in total. The van der Waals surface area contributed by atoms with Gasteiger partial charge in [-0.1, -0.05) is 0 Å². The van der Waals surface area contributed by atoms with Gasteiger partial charge in [0.05, 0.1) is 11.5 Å². The number of hydrogen-bond donors (Lipinski definition) is 1. The van der Waals surface area contributed by atoms with Gasteiger partial charge in [-0.25, -0.2) is 18.4 Å². The molecule has 9 nitrogen and oxygen atoms in total. The summed E-state index contributed by atoms with van der Waals surface area (Å²) in [4.78, 5) is 35.5. The molecule has 3 heterocycles. The summed E-state index contributed by atoms with van der Waals surface area (Å²) in [7, 11) is -3.05. The van der Waals surface area contributed by atoms with Gasteiger partial charge in [0.15, 0.2) is 9.84 Å². The maximum atomic E-state index is 12.4. The molecule has 3 rings (SSSR count). The normalized spacial score (nSPS) is 22.7. The Labute approximate surface area is 146 Å². The van der Waals surface area contributed by atoms with Crippen molar-refractivity contribution in [2.45, 2.75) is 19.4 Å². The van der Waals surface area contributed by atoms with Gasteiger partial charge in [0, 0.05) is 37.9 Å². The van der Waals surface area contributed by atoms with Gasteiger partial charge < -0.3 is 15.1 Å². The van der Waals surface area contributed by atoms with E-state index < -0.39 is 9.84 Å². The summed E-state index contributed by atoms with van der Waals surface area (Å²) in [6.07, 6.45) is 1.25. The second kappa shape index (κ2) is 6.95. The zero-order valence-corrected chi connectivity index (χ0v) is 14.8. The van der Waals surface area contributed by atoms with E-state index in [1.165, 1.54) is 0 Å². The van der Waals surface area contributed by atoms with Gasteiger partial charge in [0.2, 0.25) is 12.4 Å². The zero-order chi connectivity index (χ0) is 18.0. The van der Waals surface area contributed by atoms with E-state index in [1.54, 1.807) is 17.9 Å². The molecular weight excluding hydrogens is 346 g/mol. The fraction of sp³-hybridized carbons (Fsp3) is 0.600. The van der Waals surface area contributed by atoms with Crippen LogP contribution in [0.2, 0.25) is 0 Å². The Kier molecular flexibility index (Phi) is 4.89. The molecule has 0 bridgehead atoms. The largest absolute Gasteiger partial charge is 0.347 e. The van der Waals surface area contributed by atoms with Crippen molar-refractivity contribution in [1.82, 2.24) is 20.2 Å². The third-order valence-corrected chi connectivity index (χ3v) is 6.16. The third-order valence-electron chi connectivity index (χ3n) is 4.39. The standard InChI is InChI=1S/C15H21N5O4S/c1-11-8-13(14(22)17-12-2-7-25(23,24)9-12)18-15(16-11)20-5-3-19(10-21)4-6-20/h8,10,12H,2-7,9H2,1H3,(H,17,22). The minimum Gasteiger partial charge on any atom is -0.347 e. The third kappa shape index (κ3) is 4.25. The molecule has 1 unspecified atom stereocenters. The number of aromatic nitrogens is 2. The average Bonchev–Trinajstić information content (AvgIpc) is 2.93. The van der Waals surface area contributed by atoms with Crippen molar-refractivity contribution in [1.29, 1.82) is 0 Å². The Balaban J connectivity index is 1.71. The van der Waals surface area contributed by atoms with Crippen LogP contribution in [0.25, 0.3) is 0 Å². The summed E-state index contributed by atoms with van der Waals surface area (Å²) in [5, 5.41) is 2.74. The first-order chi connectivity index (χ1) is 11.9. The summed E-state index contributed by atoms with van der Waals surface area (Å²) in [6.45, 7) is 4.16. The van der Waals surface area contributed by atoms with Crippen molar-refractivity contribution in [3.05, 3.63) is 17.5 Å². The number of rotatable bonds is 4. The molecule has 2 aliphatic heterocycles. The summed E-state index contributed by atoms with van der Waals surface area (Å²) in [5.74, 6) is 0.145. The SMILES string of the molecule is Cc1cc(C(=O)NC2CCS(=O)(=O)C2)nc(N2CCN(C=O)CC2)n1. The minimum atomic E-state index is -3.05. The number of hydrogen-bond acceptors (Lipinski definition) is 7. The van der Waals surface area contributed by atoms with Gasteiger partial charge in [-0.15, -0.1) is 0 Å². The van der Waals surface area contributed by atoms with Crippen LogP contribution >= 0.6 is 0 Å². The molecule has 0 aromatic carbocycles. The van der Waals surface area contributed by atoms with Crippen LogP contribution in [0, 0.1) is 6.92 Å². The lowest BCUT2D eigenvalue weighted by molar-refractivity contribution is -0.118. The van der Waals surface area contributed by atoms with Gasteiger partial charge in [-0.3, -0.25) is 9.59 Å². The zero-order valence-electron chi connectivity index (χ0n) is 14.0. The number of amides is 2. The first-order valence-corrected chi connectivity index (χ1v) is 10.00. The summed E-state index contributed by atoms with van der Waals surface area (Å²) in [6, 6.07) is 1.22. The monoisotopic (exact) mass is 367 g/mol. The highest BCUT2D eigenvalue weighted by Gasteiger charge is 2.29. The Morgan fingerprint density at radius 1 is 1.28 bits per heavy atom. The highest BCUT2D eigenvalue weighted by molar-refractivity contribution is 7.91. The van der Waals surface area contributed by atoms with Crippen LogP contribution in [0.3, 0.4) is 0 Å². The smallest absolute Gasteiger partial charge is 0.270 e. The van der Waals surface area contributed by atoms with Crippen LogP contribution in [0.4, 0.5) is 5.95 Å². The van der Waals surface area contributed by atoms with Gasteiger partial charge in [-0.05, 0) is 19.4 Å². The van der Waals surface area contributed by atoms with Gasteiger partial charge in [0.25, 0.3) is 5.91 Å². The number of anilines is 1. The first kappa shape index (κ1) is 17.6. The number of sulfone groups is 1. The quantitative estimate of drug-likeness (QED) is 0.678. The maximum absolute atomic E-state index is 12.4. The van der Waals surface area contributed by atoms with E-state index in [-0.39, 0.29) is 29.1 Å². The van der Waals surface area contributed by atoms with E-state index >= 15 is 0 Å². The molecule has 1 aromatic heterocycles. The molecule has 1 aromatic rings. The Bertz CT molecular complexity index is 774. The van der Waals surface area contributed by atoms with Gasteiger partial charge in [0.1, 0.15) is 5.69 Å². The number of piperazine rings is 1. The van der Waals surface area contributed by atoms with Crippen LogP contribution in [0.1, 0.15) is 22.6 Å². The predicted octanol–water partition coefficient (Wildman–Crippen LogP) is -1.02. The fourth-order valence-electron chi connectivity index (χ4n) is 3.01. The number of nitrogens with zero attached hydrogens (tertiary/aromatic N) is 4. The molecule has 0 aliphatic carbocycles. The Hall–Kier alpha value is -2.23. The van der Waals surface area contributed by atoms with Crippen LogP contribution in [0.15, 0.2) is 6.07 Å². The van der Waals surface area contributed by atoms with E-state index in [4.69, 9.17) is 0 Å². The summed E-state index contributed by atoms with van der Waals surface area (Å²) < 4.78 is 23.0. The molecular formula is C15H21N5O4S. The molecule has 0 spiro atoms. The highest BCUT2D eigenvalue weighted by Crippen LogP contribution is 2.15. The van der Waals surface area contributed by atoms with Crippen LogP contribution in [0.5, 0.6) is 0 Å². The highest BCUT2D eigenvalue weighted by atomic mass is 32.2. The molecule has 25 heavy (non-hydrogen) atoms. The number of nitrogens with one attached hydrogen (secondary N) is 1. The number of aryl methyl sites for hydroxylation is 1. The lowest BCUT2D eigenvalue weighted by Gasteiger charge is -2.32. The minimum absolute atomic E-state index is 0.0245. The Morgan fingerprint density at radius 3 is 2.60 bits per heavy atom. The number of carbonyl (C=O) groups is 2. The molecule has 2 aliphatic rings. The van der Waals surface area contributed by atoms with E-state index in [2.05, 4.69) is 15.3 Å². The predicted molar refractivity (Wildman–Crippen MR) is 91.1 cm³/mol. The van der Waals surface area contributed by atoms with E-state index in [9.17, 15) is 18.0 Å². The summed E-state index contributed by atoms with van der Waals surface area (Å²) in [5.41, 5.74) is 0.886. The fourth-order valence-corrected chi connectivity index (χ4v) is 4.68. The van der Waals surface area contributed by atoms with Crippen LogP contribution in [-0.2, 0) is 14.6 Å². The van der Waals surface area contributed by atoms with E-state index in [0.29, 0.717) is 44.2 Å². The molecule has 2 amide bonds. The van der Waals surface area contributed by atoms with Crippen molar-refractivity contribution in [2.75, 3.05) is 42.6 Å². The van der Waals surface area contributed by atoms with Crippen molar-refractivity contribution < 1.29 is 18.0 Å². The Morgan fingerprint density at radius 2 is 2.00 bits per heavy atom. The molecule has 10 heteroatoms. The van der Waals surface area contributed by atoms with Crippen molar-refractivity contribution in [3.8, 4) is 0 Å². The van der Waals surface area contributed by atoms with Crippen molar-refractivity contribution in [2.24, 2.45) is 0 Å². The summed E-state index contributed by atoms with van der Waals surface area (Å²) >= 11 is 0. The van der Waals surface area contributed by atoms with Gasteiger partial charge in [-0.2, -0.15) is 0 Å². The van der Waals surface area contributed by atoms with Crippen LogP contribution in [-0.4, -0.2) is 79.3 Å².